The van der Waals surface area contributed by atoms with Gasteiger partial charge in [-0.15, -0.1) is 0 Å². The van der Waals surface area contributed by atoms with Gasteiger partial charge in [-0.2, -0.15) is 4.31 Å². The smallest absolute Gasteiger partial charge is 0.243 e. The Morgan fingerprint density at radius 3 is 2.65 bits per heavy atom. The minimum atomic E-state index is -3.40. The minimum absolute atomic E-state index is 0.0640. The van der Waals surface area contributed by atoms with Crippen LogP contribution in [-0.4, -0.2) is 30.4 Å². The van der Waals surface area contributed by atoms with Crippen molar-refractivity contribution in [1.29, 1.82) is 0 Å². The molecule has 1 heterocycles. The van der Waals surface area contributed by atoms with E-state index in [0.717, 1.165) is 12.8 Å². The van der Waals surface area contributed by atoms with Crippen LogP contribution in [0, 0.1) is 6.92 Å². The molecule has 0 bridgehead atoms. The summed E-state index contributed by atoms with van der Waals surface area (Å²) in [5.74, 6) is 0.124. The van der Waals surface area contributed by atoms with Crippen LogP contribution < -0.4 is 0 Å². The summed E-state index contributed by atoms with van der Waals surface area (Å²) in [7, 11) is -3.40. The predicted octanol–water partition coefficient (Wildman–Crippen LogP) is 1.87. The fourth-order valence-corrected chi connectivity index (χ4v) is 3.97. The average Bonchev–Trinajstić information content (AvgIpc) is 2.69. The van der Waals surface area contributed by atoms with Crippen molar-refractivity contribution < 1.29 is 13.5 Å². The highest BCUT2D eigenvalue weighted by molar-refractivity contribution is 7.89. The van der Waals surface area contributed by atoms with Gasteiger partial charge in [0.25, 0.3) is 0 Å². The number of hydrogen-bond acceptors (Lipinski definition) is 3. The van der Waals surface area contributed by atoms with Crippen LogP contribution in [0.15, 0.2) is 23.1 Å². The molecule has 1 aliphatic heterocycles. The van der Waals surface area contributed by atoms with Gasteiger partial charge >= 0.3 is 0 Å². The monoisotopic (exact) mass is 255 g/mol. The van der Waals surface area contributed by atoms with Gasteiger partial charge in [-0.25, -0.2) is 8.42 Å². The third kappa shape index (κ3) is 2.17. The molecule has 4 nitrogen and oxygen atoms in total. The van der Waals surface area contributed by atoms with Crippen LogP contribution in [0.1, 0.15) is 25.3 Å². The lowest BCUT2D eigenvalue weighted by atomic mass is 10.2. The summed E-state index contributed by atoms with van der Waals surface area (Å²) >= 11 is 0. The number of sulfonamides is 1. The molecule has 0 radical (unpaired) electrons. The van der Waals surface area contributed by atoms with E-state index in [1.54, 1.807) is 11.2 Å². The molecule has 17 heavy (non-hydrogen) atoms. The lowest BCUT2D eigenvalue weighted by Crippen LogP contribution is -2.33. The Balaban J connectivity index is 2.41. The van der Waals surface area contributed by atoms with Crippen molar-refractivity contribution >= 4 is 10.0 Å². The molecule has 94 valence electrons. The van der Waals surface area contributed by atoms with Gasteiger partial charge in [-0.05, 0) is 50.5 Å². The van der Waals surface area contributed by atoms with Crippen LogP contribution in [0.25, 0.3) is 0 Å². The number of aromatic hydroxyl groups is 1. The summed E-state index contributed by atoms with van der Waals surface area (Å²) < 4.78 is 26.2. The Hall–Kier alpha value is -1.07. The highest BCUT2D eigenvalue weighted by atomic mass is 32.2. The molecule has 1 aromatic rings. The van der Waals surface area contributed by atoms with E-state index >= 15 is 0 Å². The number of phenols is 1. The van der Waals surface area contributed by atoms with E-state index in [4.69, 9.17) is 0 Å². The van der Waals surface area contributed by atoms with Gasteiger partial charge in [0.1, 0.15) is 5.75 Å². The number of rotatable bonds is 2. The minimum Gasteiger partial charge on any atom is -0.508 e. The second kappa shape index (κ2) is 4.31. The van der Waals surface area contributed by atoms with Gasteiger partial charge in [-0.1, -0.05) is 0 Å². The summed E-state index contributed by atoms with van der Waals surface area (Å²) in [6.45, 7) is 4.21. The van der Waals surface area contributed by atoms with E-state index in [1.165, 1.54) is 18.2 Å². The van der Waals surface area contributed by atoms with Crippen LogP contribution in [0.3, 0.4) is 0 Å². The van der Waals surface area contributed by atoms with Crippen LogP contribution in [0.2, 0.25) is 0 Å². The van der Waals surface area contributed by atoms with Crippen molar-refractivity contribution in [1.82, 2.24) is 4.31 Å². The van der Waals surface area contributed by atoms with Crippen LogP contribution in [0.5, 0.6) is 5.75 Å². The Kier molecular flexibility index (Phi) is 3.14. The molecule has 1 saturated heterocycles. The summed E-state index contributed by atoms with van der Waals surface area (Å²) in [5, 5.41) is 9.42. The normalized spacial score (nSPS) is 21.9. The Bertz CT molecular complexity index is 525. The molecule has 2 rings (SSSR count). The second-order valence-corrected chi connectivity index (χ2v) is 6.45. The molecule has 0 spiro atoms. The lowest BCUT2D eigenvalue weighted by molar-refractivity contribution is 0.408. The molecule has 0 aromatic heterocycles. The molecule has 1 aliphatic rings. The molecule has 1 fully saturated rings. The molecule has 1 atom stereocenters. The first-order valence-electron chi connectivity index (χ1n) is 5.74. The Labute approximate surface area is 102 Å². The van der Waals surface area contributed by atoms with E-state index in [-0.39, 0.29) is 16.7 Å². The first-order chi connectivity index (χ1) is 7.93. The highest BCUT2D eigenvalue weighted by Crippen LogP contribution is 2.28. The molecule has 0 unspecified atom stereocenters. The zero-order valence-electron chi connectivity index (χ0n) is 10.0. The van der Waals surface area contributed by atoms with Crippen molar-refractivity contribution in [2.24, 2.45) is 0 Å². The maximum atomic E-state index is 12.4. The molecule has 5 heteroatoms. The van der Waals surface area contributed by atoms with Crippen LogP contribution in [0.4, 0.5) is 0 Å². The highest BCUT2D eigenvalue weighted by Gasteiger charge is 2.32. The molecule has 0 amide bonds. The van der Waals surface area contributed by atoms with Crippen molar-refractivity contribution in [3.63, 3.8) is 0 Å². The summed E-state index contributed by atoms with van der Waals surface area (Å²) in [4.78, 5) is 0.265. The van der Waals surface area contributed by atoms with Crippen LogP contribution >= 0.6 is 0 Å². The fraction of sp³-hybridized carbons (Fsp3) is 0.500. The number of nitrogens with zero attached hydrogens (tertiary/aromatic N) is 1. The lowest BCUT2D eigenvalue weighted by Gasteiger charge is -2.21. The SMILES string of the molecule is Cc1cc(S(=O)(=O)N2CCC[C@H]2C)ccc1O. The Morgan fingerprint density at radius 1 is 1.41 bits per heavy atom. The zero-order chi connectivity index (χ0) is 12.6. The van der Waals surface area contributed by atoms with Crippen molar-refractivity contribution in [3.05, 3.63) is 23.8 Å². The zero-order valence-corrected chi connectivity index (χ0v) is 10.9. The molecule has 1 N–H and O–H groups in total. The number of phenolic OH excluding ortho intramolecular Hbond substituents is 1. The summed E-state index contributed by atoms with van der Waals surface area (Å²) in [5.41, 5.74) is 0.581. The third-order valence-corrected chi connectivity index (χ3v) is 5.28. The van der Waals surface area contributed by atoms with Crippen molar-refractivity contribution in [2.75, 3.05) is 6.54 Å². The first-order valence-corrected chi connectivity index (χ1v) is 7.18. The quantitative estimate of drug-likeness (QED) is 0.877. The standard InChI is InChI=1S/C12H17NO3S/c1-9-8-11(5-6-12(9)14)17(15,16)13-7-3-4-10(13)2/h5-6,8,10,14H,3-4,7H2,1-2H3/t10-/m1/s1. The van der Waals surface area contributed by atoms with E-state index in [2.05, 4.69) is 0 Å². The second-order valence-electron chi connectivity index (χ2n) is 4.56. The molecule has 0 saturated carbocycles. The van der Waals surface area contributed by atoms with Gasteiger partial charge in [-0.3, -0.25) is 0 Å². The topological polar surface area (TPSA) is 57.6 Å². The largest absolute Gasteiger partial charge is 0.508 e. The van der Waals surface area contributed by atoms with Gasteiger partial charge < -0.3 is 5.11 Å². The van der Waals surface area contributed by atoms with Crippen LogP contribution in [-0.2, 0) is 10.0 Å². The molecular weight excluding hydrogens is 238 g/mol. The van der Waals surface area contributed by atoms with Gasteiger partial charge in [0.05, 0.1) is 4.90 Å². The third-order valence-electron chi connectivity index (χ3n) is 3.27. The number of hydrogen-bond donors (Lipinski definition) is 1. The number of benzene rings is 1. The van der Waals surface area contributed by atoms with Crippen molar-refractivity contribution in [3.8, 4) is 5.75 Å². The average molecular weight is 255 g/mol. The maximum absolute atomic E-state index is 12.4. The predicted molar refractivity (Wildman–Crippen MR) is 65.4 cm³/mol. The summed E-state index contributed by atoms with van der Waals surface area (Å²) in [6.07, 6.45) is 1.83. The molecule has 0 aliphatic carbocycles. The van der Waals surface area contributed by atoms with E-state index in [0.29, 0.717) is 12.1 Å². The molecule has 1 aromatic carbocycles. The Morgan fingerprint density at radius 2 is 2.12 bits per heavy atom. The molecular formula is C12H17NO3S. The number of aryl methyl sites for hydroxylation is 1. The van der Waals surface area contributed by atoms with E-state index < -0.39 is 10.0 Å². The van der Waals surface area contributed by atoms with E-state index in [1.807, 2.05) is 6.92 Å². The van der Waals surface area contributed by atoms with Crippen molar-refractivity contribution in [2.45, 2.75) is 37.6 Å². The van der Waals surface area contributed by atoms with Gasteiger partial charge in [0.15, 0.2) is 0 Å². The van der Waals surface area contributed by atoms with Gasteiger partial charge in [0.2, 0.25) is 10.0 Å². The fourth-order valence-electron chi connectivity index (χ4n) is 2.19. The maximum Gasteiger partial charge on any atom is 0.243 e. The summed E-state index contributed by atoms with van der Waals surface area (Å²) in [6, 6.07) is 4.48. The first kappa shape index (κ1) is 12.4. The van der Waals surface area contributed by atoms with E-state index in [9.17, 15) is 13.5 Å². The van der Waals surface area contributed by atoms with Gasteiger partial charge in [0, 0.05) is 12.6 Å².